The summed E-state index contributed by atoms with van der Waals surface area (Å²) in [5.41, 5.74) is 1.11. The number of hydrogen-bond donors (Lipinski definition) is 3. The van der Waals surface area contributed by atoms with Crippen LogP contribution < -0.4 is 20.7 Å². The van der Waals surface area contributed by atoms with Gasteiger partial charge in [-0.3, -0.25) is 9.59 Å². The molecule has 3 N–H and O–H groups in total. The van der Waals surface area contributed by atoms with Crippen LogP contribution in [0.5, 0.6) is 5.75 Å². The molecule has 0 radical (unpaired) electrons. The van der Waals surface area contributed by atoms with E-state index < -0.39 is 11.7 Å². The van der Waals surface area contributed by atoms with Crippen LogP contribution >= 0.6 is 12.4 Å². The number of hydrogen-bond acceptors (Lipinski definition) is 4. The molecule has 0 aliphatic heterocycles. The van der Waals surface area contributed by atoms with Gasteiger partial charge in [0, 0.05) is 17.7 Å². The summed E-state index contributed by atoms with van der Waals surface area (Å²) in [6.45, 7) is 0.755. The summed E-state index contributed by atoms with van der Waals surface area (Å²) in [5, 5.41) is 8.44. The largest absolute Gasteiger partial charge is 0.495 e. The molecule has 6 nitrogen and oxygen atoms in total. The molecule has 0 saturated heterocycles. The highest BCUT2D eigenvalue weighted by atomic mass is 35.5. The fourth-order valence-electron chi connectivity index (χ4n) is 2.36. The van der Waals surface area contributed by atoms with Gasteiger partial charge >= 0.3 is 0 Å². The number of amides is 2. The summed E-state index contributed by atoms with van der Waals surface area (Å²) in [5.74, 6) is -0.650. The molecular weight excluding hydrogens is 373 g/mol. The lowest BCUT2D eigenvalue weighted by atomic mass is 10.2. The minimum atomic E-state index is -0.493. The SMILES string of the molecule is CNCCCC(=O)Nc1ccc(OC)c(NC(=O)c2cccc(F)c2)c1.Cl. The maximum absolute atomic E-state index is 13.3. The van der Waals surface area contributed by atoms with E-state index in [0.29, 0.717) is 23.5 Å². The van der Waals surface area contributed by atoms with Crippen LogP contribution in [0.3, 0.4) is 0 Å². The molecule has 2 aromatic carbocycles. The first-order chi connectivity index (χ1) is 12.5. The van der Waals surface area contributed by atoms with Crippen LogP contribution in [0, 0.1) is 5.82 Å². The summed E-state index contributed by atoms with van der Waals surface area (Å²) in [7, 11) is 3.30. The molecule has 0 unspecified atom stereocenters. The first-order valence-electron chi connectivity index (χ1n) is 8.23. The monoisotopic (exact) mass is 395 g/mol. The van der Waals surface area contributed by atoms with Crippen molar-refractivity contribution >= 4 is 35.6 Å². The van der Waals surface area contributed by atoms with Crippen LogP contribution in [0.15, 0.2) is 42.5 Å². The number of nitrogens with one attached hydrogen (secondary N) is 3. The van der Waals surface area contributed by atoms with Gasteiger partial charge in [-0.1, -0.05) is 6.07 Å². The maximum Gasteiger partial charge on any atom is 0.255 e. The molecule has 0 bridgehead atoms. The lowest BCUT2D eigenvalue weighted by molar-refractivity contribution is -0.116. The molecule has 2 amide bonds. The van der Waals surface area contributed by atoms with E-state index in [-0.39, 0.29) is 23.9 Å². The van der Waals surface area contributed by atoms with Crippen LogP contribution in [-0.2, 0) is 4.79 Å². The smallest absolute Gasteiger partial charge is 0.255 e. The lowest BCUT2D eigenvalue weighted by Crippen LogP contribution is -2.16. The van der Waals surface area contributed by atoms with Gasteiger partial charge in [0.1, 0.15) is 11.6 Å². The summed E-state index contributed by atoms with van der Waals surface area (Å²) >= 11 is 0. The molecule has 0 atom stereocenters. The highest BCUT2D eigenvalue weighted by molar-refractivity contribution is 6.05. The Morgan fingerprint density at radius 1 is 1.11 bits per heavy atom. The van der Waals surface area contributed by atoms with E-state index >= 15 is 0 Å². The highest BCUT2D eigenvalue weighted by Crippen LogP contribution is 2.28. The van der Waals surface area contributed by atoms with E-state index in [1.165, 1.54) is 25.3 Å². The van der Waals surface area contributed by atoms with Gasteiger partial charge in [0.2, 0.25) is 5.91 Å². The third-order valence-corrected chi connectivity index (χ3v) is 3.65. The standard InChI is InChI=1S/C19H22FN3O3.ClH/c1-21-10-4-7-18(24)22-15-8-9-17(26-2)16(12-15)23-19(25)13-5-3-6-14(20)11-13;/h3,5-6,8-9,11-12,21H,4,7,10H2,1-2H3,(H,22,24)(H,23,25);1H. The Kier molecular flexibility index (Phi) is 9.25. The van der Waals surface area contributed by atoms with Gasteiger partial charge < -0.3 is 20.7 Å². The van der Waals surface area contributed by atoms with E-state index in [9.17, 15) is 14.0 Å². The zero-order chi connectivity index (χ0) is 18.9. The second-order valence-corrected chi connectivity index (χ2v) is 5.63. The second-order valence-electron chi connectivity index (χ2n) is 5.63. The van der Waals surface area contributed by atoms with Gasteiger partial charge in [-0.25, -0.2) is 4.39 Å². The molecule has 2 aromatic rings. The molecule has 0 aliphatic carbocycles. The van der Waals surface area contributed by atoms with Crippen LogP contribution in [0.25, 0.3) is 0 Å². The lowest BCUT2D eigenvalue weighted by Gasteiger charge is -2.13. The maximum atomic E-state index is 13.3. The molecule has 0 fully saturated rings. The second kappa shape index (κ2) is 11.2. The quantitative estimate of drug-likeness (QED) is 0.598. The van der Waals surface area contributed by atoms with E-state index in [0.717, 1.165) is 19.0 Å². The Bertz CT molecular complexity index is 787. The van der Waals surface area contributed by atoms with Crippen molar-refractivity contribution in [1.82, 2.24) is 5.32 Å². The van der Waals surface area contributed by atoms with Crippen molar-refractivity contribution in [3.63, 3.8) is 0 Å². The van der Waals surface area contributed by atoms with Crippen LogP contribution in [0.2, 0.25) is 0 Å². The van der Waals surface area contributed by atoms with Crippen molar-refractivity contribution < 1.29 is 18.7 Å². The highest BCUT2D eigenvalue weighted by Gasteiger charge is 2.12. The van der Waals surface area contributed by atoms with Gasteiger partial charge in [0.05, 0.1) is 12.8 Å². The van der Waals surface area contributed by atoms with Gasteiger partial charge in [0.25, 0.3) is 5.91 Å². The van der Waals surface area contributed by atoms with Crippen molar-refractivity contribution in [3.05, 3.63) is 53.8 Å². The van der Waals surface area contributed by atoms with Crippen LogP contribution in [0.4, 0.5) is 15.8 Å². The van der Waals surface area contributed by atoms with Gasteiger partial charge in [-0.05, 0) is 56.4 Å². The van der Waals surface area contributed by atoms with Gasteiger partial charge in [-0.2, -0.15) is 0 Å². The number of methoxy groups -OCH3 is 1. The number of carbonyl (C=O) groups is 2. The molecule has 0 heterocycles. The molecule has 0 aliphatic rings. The zero-order valence-corrected chi connectivity index (χ0v) is 16.0. The number of ether oxygens (including phenoxy) is 1. The number of anilines is 2. The topological polar surface area (TPSA) is 79.5 Å². The number of benzene rings is 2. The Morgan fingerprint density at radius 2 is 1.89 bits per heavy atom. The van der Waals surface area contributed by atoms with E-state index in [1.54, 1.807) is 18.2 Å². The molecule has 0 aromatic heterocycles. The molecular formula is C19H23ClFN3O3. The van der Waals surface area contributed by atoms with E-state index in [4.69, 9.17) is 4.74 Å². The minimum absolute atomic E-state index is 0. The third kappa shape index (κ3) is 6.88. The molecule has 0 saturated carbocycles. The van der Waals surface area contributed by atoms with Gasteiger partial charge in [-0.15, -0.1) is 12.4 Å². The summed E-state index contributed by atoms with van der Waals surface area (Å²) in [6, 6.07) is 10.3. The first-order valence-corrected chi connectivity index (χ1v) is 8.23. The van der Waals surface area contributed by atoms with Crippen molar-refractivity contribution in [3.8, 4) is 5.75 Å². The predicted octanol–water partition coefficient (Wildman–Crippen LogP) is 3.45. The van der Waals surface area contributed by atoms with E-state index in [2.05, 4.69) is 16.0 Å². The van der Waals surface area contributed by atoms with Gasteiger partial charge in [0.15, 0.2) is 0 Å². The minimum Gasteiger partial charge on any atom is -0.495 e. The van der Waals surface area contributed by atoms with Crippen molar-refractivity contribution in [2.75, 3.05) is 31.3 Å². The Hall–Kier alpha value is -2.64. The fraction of sp³-hybridized carbons (Fsp3) is 0.263. The van der Waals surface area contributed by atoms with Crippen molar-refractivity contribution in [2.24, 2.45) is 0 Å². The van der Waals surface area contributed by atoms with Crippen molar-refractivity contribution in [1.29, 1.82) is 0 Å². The average molecular weight is 396 g/mol. The molecule has 146 valence electrons. The molecule has 2 rings (SSSR count). The fourth-order valence-corrected chi connectivity index (χ4v) is 2.36. The molecule has 8 heteroatoms. The predicted molar refractivity (Wildman–Crippen MR) is 106 cm³/mol. The normalized spacial score (nSPS) is 9.89. The zero-order valence-electron chi connectivity index (χ0n) is 15.2. The first kappa shape index (κ1) is 22.4. The van der Waals surface area contributed by atoms with Crippen LogP contribution in [0.1, 0.15) is 23.2 Å². The van der Waals surface area contributed by atoms with Crippen molar-refractivity contribution in [2.45, 2.75) is 12.8 Å². The Balaban J connectivity index is 0.00000364. The molecule has 0 spiro atoms. The summed E-state index contributed by atoms with van der Waals surface area (Å²) in [4.78, 5) is 24.2. The third-order valence-electron chi connectivity index (χ3n) is 3.65. The number of carbonyl (C=O) groups excluding carboxylic acids is 2. The summed E-state index contributed by atoms with van der Waals surface area (Å²) < 4.78 is 18.5. The Morgan fingerprint density at radius 3 is 2.56 bits per heavy atom. The summed E-state index contributed by atoms with van der Waals surface area (Å²) in [6.07, 6.45) is 1.11. The molecule has 27 heavy (non-hydrogen) atoms. The van der Waals surface area contributed by atoms with Crippen LogP contribution in [-0.4, -0.2) is 32.5 Å². The Labute approximate surface area is 163 Å². The number of halogens is 2. The average Bonchev–Trinajstić information content (AvgIpc) is 2.62. The number of rotatable bonds is 8. The van der Waals surface area contributed by atoms with E-state index in [1.807, 2.05) is 7.05 Å².